The Balaban J connectivity index is 1.89. The zero-order valence-corrected chi connectivity index (χ0v) is 15.2. The topological polar surface area (TPSA) is 79.2 Å². The first-order valence-electron chi connectivity index (χ1n) is 7.75. The van der Waals surface area contributed by atoms with Gasteiger partial charge >= 0.3 is 5.97 Å². The molecule has 1 atom stereocenters. The van der Waals surface area contributed by atoms with Crippen molar-refractivity contribution in [2.75, 3.05) is 6.61 Å². The smallest absolute Gasteiger partial charge is 0.338 e. The summed E-state index contributed by atoms with van der Waals surface area (Å²) in [5.41, 5.74) is 1.73. The number of carbonyl (C=O) groups is 2. The predicted octanol–water partition coefficient (Wildman–Crippen LogP) is 3.75. The molecule has 0 bridgehead atoms. The molecule has 2 rings (SSSR count). The highest BCUT2D eigenvalue weighted by Crippen LogP contribution is 2.19. The number of nitrogens with zero attached hydrogens (tertiary/aromatic N) is 1. The largest absolute Gasteiger partial charge is 0.452 e. The fourth-order valence-electron chi connectivity index (χ4n) is 2.25. The van der Waals surface area contributed by atoms with Gasteiger partial charge in [-0.2, -0.15) is 5.26 Å². The van der Waals surface area contributed by atoms with Crippen LogP contribution in [-0.4, -0.2) is 18.5 Å². The van der Waals surface area contributed by atoms with Crippen molar-refractivity contribution < 1.29 is 14.3 Å². The molecule has 1 amide bonds. The molecule has 0 aromatic heterocycles. The van der Waals surface area contributed by atoms with Gasteiger partial charge in [-0.3, -0.25) is 4.79 Å². The molecule has 128 valence electrons. The SMILES string of the molecule is CC[C@@H](NC(=O)COC(=O)c1ccc(C#N)cc1)c1ccc(Br)cc1. The van der Waals surface area contributed by atoms with Gasteiger partial charge in [-0.25, -0.2) is 4.79 Å². The van der Waals surface area contributed by atoms with Crippen molar-refractivity contribution in [3.8, 4) is 6.07 Å². The third-order valence-corrected chi connectivity index (χ3v) is 4.13. The van der Waals surface area contributed by atoms with E-state index in [0.717, 1.165) is 16.5 Å². The number of nitrogens with one attached hydrogen (secondary N) is 1. The molecule has 5 nitrogen and oxygen atoms in total. The third-order valence-electron chi connectivity index (χ3n) is 3.60. The molecule has 0 aliphatic heterocycles. The summed E-state index contributed by atoms with van der Waals surface area (Å²) in [6, 6.07) is 15.6. The van der Waals surface area contributed by atoms with Crippen molar-refractivity contribution in [3.05, 3.63) is 69.7 Å². The van der Waals surface area contributed by atoms with E-state index in [1.54, 1.807) is 0 Å². The van der Waals surface area contributed by atoms with E-state index < -0.39 is 5.97 Å². The number of ether oxygens (including phenoxy) is 1. The Morgan fingerprint density at radius 2 is 1.80 bits per heavy atom. The maximum absolute atomic E-state index is 12.0. The minimum Gasteiger partial charge on any atom is -0.452 e. The van der Waals surface area contributed by atoms with Crippen molar-refractivity contribution in [3.63, 3.8) is 0 Å². The van der Waals surface area contributed by atoms with Crippen LogP contribution in [-0.2, 0) is 9.53 Å². The van der Waals surface area contributed by atoms with Crippen molar-refractivity contribution in [2.24, 2.45) is 0 Å². The van der Waals surface area contributed by atoms with E-state index in [0.29, 0.717) is 11.1 Å². The molecule has 0 saturated heterocycles. The molecule has 0 radical (unpaired) electrons. The predicted molar refractivity (Wildman–Crippen MR) is 96.8 cm³/mol. The average molecular weight is 401 g/mol. The Morgan fingerprint density at radius 1 is 1.16 bits per heavy atom. The molecular formula is C19H17BrN2O3. The molecule has 0 heterocycles. The fourth-order valence-corrected chi connectivity index (χ4v) is 2.51. The van der Waals surface area contributed by atoms with Gasteiger partial charge in [0.15, 0.2) is 6.61 Å². The summed E-state index contributed by atoms with van der Waals surface area (Å²) in [4.78, 5) is 24.0. The number of esters is 1. The zero-order valence-electron chi connectivity index (χ0n) is 13.7. The summed E-state index contributed by atoms with van der Waals surface area (Å²) in [6.07, 6.45) is 0.719. The quantitative estimate of drug-likeness (QED) is 0.748. The third kappa shape index (κ3) is 5.44. The first kappa shape index (κ1) is 18.7. The van der Waals surface area contributed by atoms with Crippen LogP contribution < -0.4 is 5.32 Å². The number of hydrogen-bond donors (Lipinski definition) is 1. The van der Waals surface area contributed by atoms with E-state index in [-0.39, 0.29) is 18.6 Å². The first-order chi connectivity index (χ1) is 12.0. The van der Waals surface area contributed by atoms with Gasteiger partial charge in [0.2, 0.25) is 0 Å². The first-order valence-corrected chi connectivity index (χ1v) is 8.55. The number of rotatable bonds is 6. The van der Waals surface area contributed by atoms with Crippen molar-refractivity contribution in [2.45, 2.75) is 19.4 Å². The van der Waals surface area contributed by atoms with Crippen LogP contribution in [0.25, 0.3) is 0 Å². The van der Waals surface area contributed by atoms with Gasteiger partial charge in [-0.05, 0) is 48.4 Å². The molecule has 0 aliphatic rings. The van der Waals surface area contributed by atoms with E-state index in [9.17, 15) is 9.59 Å². The van der Waals surface area contributed by atoms with Gasteiger partial charge in [0.1, 0.15) is 0 Å². The summed E-state index contributed by atoms with van der Waals surface area (Å²) in [5, 5.41) is 11.6. The van der Waals surface area contributed by atoms with Gasteiger partial charge in [0.05, 0.1) is 23.2 Å². The molecule has 0 spiro atoms. The second-order valence-corrected chi connectivity index (χ2v) is 6.26. The second-order valence-electron chi connectivity index (χ2n) is 5.35. The molecule has 0 aliphatic carbocycles. The summed E-state index contributed by atoms with van der Waals surface area (Å²) in [5.74, 6) is -0.965. The van der Waals surface area contributed by atoms with Gasteiger partial charge in [0.25, 0.3) is 5.91 Å². The Kier molecular flexibility index (Phi) is 6.72. The number of halogens is 1. The molecule has 0 saturated carbocycles. The molecule has 0 unspecified atom stereocenters. The minimum absolute atomic E-state index is 0.144. The number of amides is 1. The molecule has 1 N–H and O–H groups in total. The Hall–Kier alpha value is -2.65. The summed E-state index contributed by atoms with van der Waals surface area (Å²) >= 11 is 3.38. The molecule has 0 fully saturated rings. The van der Waals surface area contributed by atoms with Crippen LogP contribution >= 0.6 is 15.9 Å². The normalized spacial score (nSPS) is 11.2. The number of carbonyl (C=O) groups excluding carboxylic acids is 2. The number of nitriles is 1. The van der Waals surface area contributed by atoms with Gasteiger partial charge in [-0.15, -0.1) is 0 Å². The van der Waals surface area contributed by atoms with Crippen LogP contribution in [0.3, 0.4) is 0 Å². The van der Waals surface area contributed by atoms with Crippen LogP contribution in [0.15, 0.2) is 53.0 Å². The highest BCUT2D eigenvalue weighted by molar-refractivity contribution is 9.10. The number of hydrogen-bond acceptors (Lipinski definition) is 4. The maximum atomic E-state index is 12.0. The van der Waals surface area contributed by atoms with E-state index in [1.165, 1.54) is 24.3 Å². The Labute approximate surface area is 154 Å². The lowest BCUT2D eigenvalue weighted by molar-refractivity contribution is -0.125. The van der Waals surface area contributed by atoms with E-state index in [1.807, 2.05) is 37.3 Å². The van der Waals surface area contributed by atoms with Crippen LogP contribution in [0.4, 0.5) is 0 Å². The van der Waals surface area contributed by atoms with E-state index >= 15 is 0 Å². The van der Waals surface area contributed by atoms with Crippen molar-refractivity contribution in [1.82, 2.24) is 5.32 Å². The lowest BCUT2D eigenvalue weighted by Gasteiger charge is -2.17. The fraction of sp³-hybridized carbons (Fsp3) is 0.211. The van der Waals surface area contributed by atoms with Crippen LogP contribution in [0.1, 0.15) is 40.9 Å². The van der Waals surface area contributed by atoms with Crippen LogP contribution in [0.5, 0.6) is 0 Å². The number of benzene rings is 2. The van der Waals surface area contributed by atoms with Crippen molar-refractivity contribution in [1.29, 1.82) is 5.26 Å². The van der Waals surface area contributed by atoms with Gasteiger partial charge < -0.3 is 10.1 Å². The minimum atomic E-state index is -0.601. The van der Waals surface area contributed by atoms with Gasteiger partial charge in [0, 0.05) is 4.47 Å². The molecule has 25 heavy (non-hydrogen) atoms. The maximum Gasteiger partial charge on any atom is 0.338 e. The van der Waals surface area contributed by atoms with Crippen molar-refractivity contribution >= 4 is 27.8 Å². The average Bonchev–Trinajstić information content (AvgIpc) is 2.65. The highest BCUT2D eigenvalue weighted by Gasteiger charge is 2.15. The van der Waals surface area contributed by atoms with E-state index in [4.69, 9.17) is 10.00 Å². The monoisotopic (exact) mass is 400 g/mol. The molecule has 2 aromatic carbocycles. The van der Waals surface area contributed by atoms with E-state index in [2.05, 4.69) is 21.2 Å². The summed E-state index contributed by atoms with van der Waals surface area (Å²) < 4.78 is 5.99. The molecule has 2 aromatic rings. The van der Waals surface area contributed by atoms with Gasteiger partial charge in [-0.1, -0.05) is 35.0 Å². The second kappa shape index (κ2) is 9.00. The molecular weight excluding hydrogens is 384 g/mol. The lowest BCUT2D eigenvalue weighted by Crippen LogP contribution is -2.32. The Bertz CT molecular complexity index is 780. The highest BCUT2D eigenvalue weighted by atomic mass is 79.9. The Morgan fingerprint density at radius 3 is 2.36 bits per heavy atom. The standard InChI is InChI=1S/C19H17BrN2O3/c1-2-17(14-7-9-16(20)10-8-14)22-18(23)12-25-19(24)15-5-3-13(11-21)4-6-15/h3-10,17H,2,12H2,1H3,(H,22,23)/t17-/m1/s1. The van der Waals surface area contributed by atoms with Crippen LogP contribution in [0.2, 0.25) is 0 Å². The lowest BCUT2D eigenvalue weighted by atomic mass is 10.0. The molecule has 6 heteroatoms. The summed E-state index contributed by atoms with van der Waals surface area (Å²) in [6.45, 7) is 1.61. The van der Waals surface area contributed by atoms with Crippen LogP contribution in [0, 0.1) is 11.3 Å². The zero-order chi connectivity index (χ0) is 18.2. The summed E-state index contributed by atoms with van der Waals surface area (Å²) in [7, 11) is 0.